The number of anilines is 1. The third-order valence-corrected chi connectivity index (χ3v) is 3.50. The fourth-order valence-electron chi connectivity index (χ4n) is 2.67. The van der Waals surface area contributed by atoms with Crippen LogP contribution in [0.3, 0.4) is 0 Å². The van der Waals surface area contributed by atoms with Crippen LogP contribution in [0.4, 0.5) is 5.69 Å². The molecular formula is C15H19N3. The Balaban J connectivity index is 2.08. The number of para-hydroxylation sites is 1. The minimum atomic E-state index is 0.978. The van der Waals surface area contributed by atoms with Gasteiger partial charge < -0.3 is 5.32 Å². The minimum Gasteiger partial charge on any atom is -0.384 e. The number of aromatic nitrogens is 2. The van der Waals surface area contributed by atoms with E-state index in [4.69, 9.17) is 0 Å². The summed E-state index contributed by atoms with van der Waals surface area (Å²) >= 11 is 0. The zero-order chi connectivity index (χ0) is 12.4. The second-order valence-electron chi connectivity index (χ2n) is 4.81. The molecule has 0 unspecified atom stereocenters. The van der Waals surface area contributed by atoms with Gasteiger partial charge in [0.2, 0.25) is 0 Å². The number of hydrogen-bond acceptors (Lipinski definition) is 2. The summed E-state index contributed by atoms with van der Waals surface area (Å²) in [6, 6.07) is 8.69. The summed E-state index contributed by atoms with van der Waals surface area (Å²) in [5, 5.41) is 7.97. The van der Waals surface area contributed by atoms with Crippen molar-refractivity contribution in [2.45, 2.75) is 32.7 Å². The van der Waals surface area contributed by atoms with Crippen molar-refractivity contribution >= 4 is 5.69 Å². The first-order valence-electron chi connectivity index (χ1n) is 6.78. The van der Waals surface area contributed by atoms with Crippen molar-refractivity contribution in [2.24, 2.45) is 0 Å². The molecule has 18 heavy (non-hydrogen) atoms. The van der Waals surface area contributed by atoms with E-state index >= 15 is 0 Å². The number of nitrogens with zero attached hydrogens (tertiary/aromatic N) is 2. The van der Waals surface area contributed by atoms with Gasteiger partial charge in [-0.25, -0.2) is 0 Å². The maximum absolute atomic E-state index is 4.42. The van der Waals surface area contributed by atoms with Crippen LogP contribution < -0.4 is 5.32 Å². The van der Waals surface area contributed by atoms with E-state index in [0.717, 1.165) is 19.5 Å². The fraction of sp³-hybridized carbons (Fsp3) is 0.400. The molecule has 0 bridgehead atoms. The van der Waals surface area contributed by atoms with Gasteiger partial charge in [-0.2, -0.15) is 5.10 Å². The van der Waals surface area contributed by atoms with E-state index in [0.29, 0.717) is 0 Å². The summed E-state index contributed by atoms with van der Waals surface area (Å²) in [5.74, 6) is 0. The van der Waals surface area contributed by atoms with Gasteiger partial charge in [-0.1, -0.05) is 25.1 Å². The summed E-state index contributed by atoms with van der Waals surface area (Å²) in [6.07, 6.45) is 5.41. The molecule has 0 radical (unpaired) electrons. The van der Waals surface area contributed by atoms with Crippen LogP contribution in [-0.4, -0.2) is 16.3 Å². The fourth-order valence-corrected chi connectivity index (χ4v) is 2.67. The van der Waals surface area contributed by atoms with Crippen LogP contribution in [0.25, 0.3) is 11.3 Å². The molecular weight excluding hydrogens is 222 g/mol. The first-order chi connectivity index (χ1) is 8.90. The normalized spacial score (nSPS) is 14.1. The van der Waals surface area contributed by atoms with Gasteiger partial charge in [-0.3, -0.25) is 4.68 Å². The lowest BCUT2D eigenvalue weighted by Gasteiger charge is -2.21. The van der Waals surface area contributed by atoms with Crippen molar-refractivity contribution in [1.82, 2.24) is 9.78 Å². The van der Waals surface area contributed by atoms with Gasteiger partial charge in [0, 0.05) is 30.5 Å². The number of aryl methyl sites for hydroxylation is 2. The highest BCUT2D eigenvalue weighted by molar-refractivity contribution is 5.79. The molecule has 94 valence electrons. The Hall–Kier alpha value is -1.77. The van der Waals surface area contributed by atoms with E-state index in [-0.39, 0.29) is 0 Å². The third-order valence-electron chi connectivity index (χ3n) is 3.50. The van der Waals surface area contributed by atoms with Crippen molar-refractivity contribution in [3.05, 3.63) is 36.0 Å². The lowest BCUT2D eigenvalue weighted by molar-refractivity contribution is 0.609. The second-order valence-corrected chi connectivity index (χ2v) is 4.81. The van der Waals surface area contributed by atoms with Gasteiger partial charge in [0.05, 0.1) is 5.69 Å². The summed E-state index contributed by atoms with van der Waals surface area (Å²) < 4.78 is 2.10. The van der Waals surface area contributed by atoms with Crippen LogP contribution in [-0.2, 0) is 13.0 Å². The summed E-state index contributed by atoms with van der Waals surface area (Å²) in [4.78, 5) is 0. The third kappa shape index (κ3) is 1.90. The lowest BCUT2D eigenvalue weighted by atomic mass is 9.98. The summed E-state index contributed by atoms with van der Waals surface area (Å²) in [6.45, 7) is 4.24. The molecule has 0 fully saturated rings. The number of fused-ring (bicyclic) bond motifs is 1. The summed E-state index contributed by atoms with van der Waals surface area (Å²) in [7, 11) is 0. The zero-order valence-corrected chi connectivity index (χ0v) is 10.8. The van der Waals surface area contributed by atoms with Gasteiger partial charge >= 0.3 is 0 Å². The van der Waals surface area contributed by atoms with Crippen LogP contribution in [0.15, 0.2) is 30.5 Å². The Morgan fingerprint density at radius 3 is 3.17 bits per heavy atom. The van der Waals surface area contributed by atoms with E-state index < -0.39 is 0 Å². The van der Waals surface area contributed by atoms with Gasteiger partial charge in [0.25, 0.3) is 0 Å². The van der Waals surface area contributed by atoms with E-state index in [1.807, 2.05) is 6.20 Å². The maximum Gasteiger partial charge on any atom is 0.0703 e. The smallest absolute Gasteiger partial charge is 0.0703 e. The first-order valence-corrected chi connectivity index (χ1v) is 6.78. The predicted molar refractivity (Wildman–Crippen MR) is 74.8 cm³/mol. The Kier molecular flexibility index (Phi) is 3.05. The summed E-state index contributed by atoms with van der Waals surface area (Å²) in [5.41, 5.74) is 5.26. The molecule has 0 atom stereocenters. The second kappa shape index (κ2) is 4.84. The van der Waals surface area contributed by atoms with Crippen molar-refractivity contribution < 1.29 is 0 Å². The zero-order valence-electron chi connectivity index (χ0n) is 10.8. The molecule has 1 aromatic carbocycles. The molecule has 2 aromatic rings. The minimum absolute atomic E-state index is 0.978. The number of benzene rings is 1. The van der Waals surface area contributed by atoms with Crippen molar-refractivity contribution in [3.8, 4) is 11.3 Å². The molecule has 0 aliphatic carbocycles. The van der Waals surface area contributed by atoms with Gasteiger partial charge in [-0.15, -0.1) is 0 Å². The van der Waals surface area contributed by atoms with Gasteiger partial charge in [-0.05, 0) is 30.9 Å². The topological polar surface area (TPSA) is 29.9 Å². The average molecular weight is 241 g/mol. The molecule has 3 rings (SSSR count). The molecule has 0 amide bonds. The van der Waals surface area contributed by atoms with E-state index in [1.54, 1.807) is 0 Å². The van der Waals surface area contributed by atoms with Crippen LogP contribution in [0.1, 0.15) is 25.3 Å². The predicted octanol–water partition coefficient (Wildman–Crippen LogP) is 3.32. The molecule has 1 N–H and O–H groups in total. The maximum atomic E-state index is 4.42. The van der Waals surface area contributed by atoms with E-state index in [1.165, 1.54) is 35.3 Å². The highest BCUT2D eigenvalue weighted by Crippen LogP contribution is 2.33. The standard InChI is InChI=1S/C15H19N3/c1-2-11-18-14(8-10-17-18)13-7-3-5-12-6-4-9-16-15(12)13/h3,5,7-8,10,16H,2,4,6,9,11H2,1H3. The molecule has 0 saturated heterocycles. The molecule has 0 saturated carbocycles. The van der Waals surface area contributed by atoms with E-state index in [9.17, 15) is 0 Å². The molecule has 3 heteroatoms. The largest absolute Gasteiger partial charge is 0.384 e. The SMILES string of the molecule is CCCn1nccc1-c1cccc2c1NCCC2. The van der Waals surface area contributed by atoms with Gasteiger partial charge in [0.1, 0.15) is 0 Å². The van der Waals surface area contributed by atoms with Crippen molar-refractivity contribution in [2.75, 3.05) is 11.9 Å². The number of hydrogen-bond donors (Lipinski definition) is 1. The monoisotopic (exact) mass is 241 g/mol. The van der Waals surface area contributed by atoms with Crippen LogP contribution in [0.2, 0.25) is 0 Å². The Labute approximate surface area is 108 Å². The molecule has 0 spiro atoms. The van der Waals surface area contributed by atoms with Gasteiger partial charge in [0.15, 0.2) is 0 Å². The Morgan fingerprint density at radius 1 is 1.33 bits per heavy atom. The quantitative estimate of drug-likeness (QED) is 0.893. The average Bonchev–Trinajstić information content (AvgIpc) is 2.87. The molecule has 2 heterocycles. The van der Waals surface area contributed by atoms with Crippen LogP contribution in [0.5, 0.6) is 0 Å². The lowest BCUT2D eigenvalue weighted by Crippen LogP contribution is -2.13. The number of rotatable bonds is 3. The number of nitrogens with one attached hydrogen (secondary N) is 1. The molecule has 1 aliphatic rings. The van der Waals surface area contributed by atoms with Crippen LogP contribution in [0, 0.1) is 0 Å². The van der Waals surface area contributed by atoms with Crippen LogP contribution >= 0.6 is 0 Å². The highest BCUT2D eigenvalue weighted by atomic mass is 15.3. The van der Waals surface area contributed by atoms with E-state index in [2.05, 4.69) is 46.3 Å². The molecule has 1 aromatic heterocycles. The molecule has 3 nitrogen and oxygen atoms in total. The van der Waals surface area contributed by atoms with Crippen molar-refractivity contribution in [3.63, 3.8) is 0 Å². The first kappa shape index (κ1) is 11.3. The molecule has 1 aliphatic heterocycles. The Bertz CT molecular complexity index is 542. The Morgan fingerprint density at radius 2 is 2.28 bits per heavy atom. The van der Waals surface area contributed by atoms with Crippen molar-refractivity contribution in [1.29, 1.82) is 0 Å². The highest BCUT2D eigenvalue weighted by Gasteiger charge is 2.15.